The predicted octanol–water partition coefficient (Wildman–Crippen LogP) is 4.36. The van der Waals surface area contributed by atoms with Crippen LogP contribution in [0.1, 0.15) is 44.1 Å². The van der Waals surface area contributed by atoms with E-state index >= 15 is 0 Å². The minimum atomic E-state index is -0.144. The Hall–Kier alpha value is -0.600. The molecule has 2 rings (SSSR count). The highest BCUT2D eigenvalue weighted by Crippen LogP contribution is 2.40. The van der Waals surface area contributed by atoms with Gasteiger partial charge in [0.05, 0.1) is 0 Å². The monoisotopic (exact) mass is 269 g/mol. The van der Waals surface area contributed by atoms with Gasteiger partial charge in [-0.05, 0) is 61.9 Å². The van der Waals surface area contributed by atoms with Crippen molar-refractivity contribution in [3.05, 3.63) is 34.6 Å². The van der Waals surface area contributed by atoms with Gasteiger partial charge >= 0.3 is 0 Å². The van der Waals surface area contributed by atoms with Crippen molar-refractivity contribution in [2.24, 2.45) is 5.92 Å². The van der Waals surface area contributed by atoms with Crippen molar-refractivity contribution < 1.29 is 4.39 Å². The molecule has 0 bridgehead atoms. The van der Waals surface area contributed by atoms with E-state index < -0.39 is 0 Å². The maximum Gasteiger partial charge on any atom is 0.128 e. The summed E-state index contributed by atoms with van der Waals surface area (Å²) in [6.45, 7) is 4.21. The van der Waals surface area contributed by atoms with Crippen LogP contribution in [0.5, 0.6) is 0 Å². The molecule has 18 heavy (non-hydrogen) atoms. The maximum absolute atomic E-state index is 14.0. The summed E-state index contributed by atoms with van der Waals surface area (Å²) in [6.07, 6.45) is 4.64. The first-order valence-corrected chi connectivity index (χ1v) is 7.25. The van der Waals surface area contributed by atoms with E-state index in [-0.39, 0.29) is 5.82 Å². The molecule has 3 heteroatoms. The lowest BCUT2D eigenvalue weighted by Crippen LogP contribution is -2.25. The zero-order valence-electron chi connectivity index (χ0n) is 10.9. The van der Waals surface area contributed by atoms with Gasteiger partial charge < -0.3 is 5.32 Å². The van der Waals surface area contributed by atoms with E-state index in [1.165, 1.54) is 18.9 Å². The fourth-order valence-electron chi connectivity index (χ4n) is 2.96. The van der Waals surface area contributed by atoms with Crippen molar-refractivity contribution in [3.63, 3.8) is 0 Å². The Kier molecular flexibility index (Phi) is 5.02. The molecule has 100 valence electrons. The van der Waals surface area contributed by atoms with Crippen LogP contribution in [0.2, 0.25) is 5.02 Å². The third-order valence-corrected chi connectivity index (χ3v) is 4.09. The number of halogens is 2. The van der Waals surface area contributed by atoms with E-state index in [1.54, 1.807) is 6.07 Å². The van der Waals surface area contributed by atoms with Gasteiger partial charge in [0.15, 0.2) is 0 Å². The van der Waals surface area contributed by atoms with E-state index in [2.05, 4.69) is 12.2 Å². The zero-order valence-corrected chi connectivity index (χ0v) is 11.6. The summed E-state index contributed by atoms with van der Waals surface area (Å²) in [5, 5.41) is 3.94. The SMILES string of the molecule is CCCNCC1CCCC1c1ccc(Cl)cc1F. The van der Waals surface area contributed by atoms with E-state index in [1.807, 2.05) is 6.07 Å². The summed E-state index contributed by atoms with van der Waals surface area (Å²) in [4.78, 5) is 0. The van der Waals surface area contributed by atoms with Crippen LogP contribution in [0.15, 0.2) is 18.2 Å². The molecule has 2 atom stereocenters. The fourth-order valence-corrected chi connectivity index (χ4v) is 3.12. The second-order valence-corrected chi connectivity index (χ2v) is 5.60. The normalized spacial score (nSPS) is 23.5. The summed E-state index contributed by atoms with van der Waals surface area (Å²) in [5.41, 5.74) is 0.847. The largest absolute Gasteiger partial charge is 0.316 e. The van der Waals surface area contributed by atoms with Gasteiger partial charge in [-0.2, -0.15) is 0 Å². The molecule has 0 saturated heterocycles. The Bertz CT molecular complexity index is 394. The highest BCUT2D eigenvalue weighted by Gasteiger charge is 2.29. The third-order valence-electron chi connectivity index (χ3n) is 3.85. The highest BCUT2D eigenvalue weighted by molar-refractivity contribution is 6.30. The second kappa shape index (κ2) is 6.53. The number of nitrogens with one attached hydrogen (secondary N) is 1. The van der Waals surface area contributed by atoms with Gasteiger partial charge in [0.25, 0.3) is 0 Å². The molecule has 1 aromatic carbocycles. The summed E-state index contributed by atoms with van der Waals surface area (Å²) in [6, 6.07) is 5.10. The van der Waals surface area contributed by atoms with Gasteiger partial charge in [-0.25, -0.2) is 4.39 Å². The van der Waals surface area contributed by atoms with Crippen LogP contribution in [-0.2, 0) is 0 Å². The van der Waals surface area contributed by atoms with Crippen LogP contribution in [0.4, 0.5) is 4.39 Å². The van der Waals surface area contributed by atoms with Crippen molar-refractivity contribution >= 4 is 11.6 Å². The molecular weight excluding hydrogens is 249 g/mol. The lowest BCUT2D eigenvalue weighted by molar-refractivity contribution is 0.432. The van der Waals surface area contributed by atoms with Crippen LogP contribution in [0, 0.1) is 11.7 Å². The Morgan fingerprint density at radius 2 is 2.22 bits per heavy atom. The van der Waals surface area contributed by atoms with E-state index in [0.717, 1.165) is 31.5 Å². The number of hydrogen-bond acceptors (Lipinski definition) is 1. The lowest BCUT2D eigenvalue weighted by Gasteiger charge is -2.21. The molecule has 0 heterocycles. The molecule has 1 saturated carbocycles. The molecule has 1 aliphatic carbocycles. The topological polar surface area (TPSA) is 12.0 Å². The molecular formula is C15H21ClFN. The van der Waals surface area contributed by atoms with Crippen molar-refractivity contribution in [2.75, 3.05) is 13.1 Å². The van der Waals surface area contributed by atoms with Crippen LogP contribution >= 0.6 is 11.6 Å². The molecule has 1 N–H and O–H groups in total. The first kappa shape index (κ1) is 13.8. The number of rotatable bonds is 5. The molecule has 0 aromatic heterocycles. The molecule has 1 aliphatic rings. The average molecular weight is 270 g/mol. The quantitative estimate of drug-likeness (QED) is 0.783. The average Bonchev–Trinajstić information content (AvgIpc) is 2.78. The van der Waals surface area contributed by atoms with Crippen molar-refractivity contribution in [2.45, 2.75) is 38.5 Å². The van der Waals surface area contributed by atoms with Crippen LogP contribution in [0.3, 0.4) is 0 Å². The summed E-state index contributed by atoms with van der Waals surface area (Å²) in [7, 11) is 0. The summed E-state index contributed by atoms with van der Waals surface area (Å²) >= 11 is 5.81. The van der Waals surface area contributed by atoms with E-state index in [9.17, 15) is 4.39 Å². The number of benzene rings is 1. The highest BCUT2D eigenvalue weighted by atomic mass is 35.5. The Morgan fingerprint density at radius 1 is 1.39 bits per heavy atom. The smallest absolute Gasteiger partial charge is 0.128 e. The fraction of sp³-hybridized carbons (Fsp3) is 0.600. The minimum Gasteiger partial charge on any atom is -0.316 e. The van der Waals surface area contributed by atoms with Gasteiger partial charge in [-0.1, -0.05) is 31.0 Å². The summed E-state index contributed by atoms with van der Waals surface area (Å²) < 4.78 is 14.0. The molecule has 0 spiro atoms. The van der Waals surface area contributed by atoms with E-state index in [4.69, 9.17) is 11.6 Å². The Balaban J connectivity index is 2.06. The van der Waals surface area contributed by atoms with Crippen LogP contribution in [-0.4, -0.2) is 13.1 Å². The van der Waals surface area contributed by atoms with Crippen molar-refractivity contribution in [1.29, 1.82) is 0 Å². The van der Waals surface area contributed by atoms with Gasteiger partial charge in [0, 0.05) is 5.02 Å². The standard InChI is InChI=1S/C15H21ClFN/c1-2-8-18-10-11-4-3-5-13(11)14-7-6-12(16)9-15(14)17/h6-7,9,11,13,18H,2-5,8,10H2,1H3. The Labute approximate surface area is 114 Å². The molecule has 1 fully saturated rings. The first-order valence-electron chi connectivity index (χ1n) is 6.88. The van der Waals surface area contributed by atoms with Crippen LogP contribution < -0.4 is 5.32 Å². The van der Waals surface area contributed by atoms with Gasteiger partial charge in [0.2, 0.25) is 0 Å². The Morgan fingerprint density at radius 3 is 2.94 bits per heavy atom. The number of hydrogen-bond donors (Lipinski definition) is 1. The maximum atomic E-state index is 14.0. The zero-order chi connectivity index (χ0) is 13.0. The van der Waals surface area contributed by atoms with Gasteiger partial charge in [-0.3, -0.25) is 0 Å². The molecule has 0 amide bonds. The molecule has 0 radical (unpaired) electrons. The summed E-state index contributed by atoms with van der Waals surface area (Å²) in [5.74, 6) is 0.772. The molecule has 1 nitrogen and oxygen atoms in total. The van der Waals surface area contributed by atoms with Crippen LogP contribution in [0.25, 0.3) is 0 Å². The molecule has 2 unspecified atom stereocenters. The van der Waals surface area contributed by atoms with Crippen molar-refractivity contribution in [3.8, 4) is 0 Å². The molecule has 0 aliphatic heterocycles. The van der Waals surface area contributed by atoms with Gasteiger partial charge in [-0.15, -0.1) is 0 Å². The second-order valence-electron chi connectivity index (χ2n) is 5.17. The predicted molar refractivity (Wildman–Crippen MR) is 74.7 cm³/mol. The minimum absolute atomic E-state index is 0.144. The van der Waals surface area contributed by atoms with Gasteiger partial charge in [0.1, 0.15) is 5.82 Å². The third kappa shape index (κ3) is 3.24. The first-order chi connectivity index (χ1) is 8.72. The van der Waals surface area contributed by atoms with E-state index in [0.29, 0.717) is 16.9 Å². The van der Waals surface area contributed by atoms with Crippen molar-refractivity contribution in [1.82, 2.24) is 5.32 Å². The lowest BCUT2D eigenvalue weighted by atomic mass is 9.88. The molecule has 1 aromatic rings.